The SMILES string of the molecule is CCCCCCC1CCc2c([nH]c3ccccc23)C1CCCCCC. The van der Waals surface area contributed by atoms with Crippen LogP contribution < -0.4 is 0 Å². The highest BCUT2D eigenvalue weighted by atomic mass is 14.7. The number of aromatic nitrogens is 1. The van der Waals surface area contributed by atoms with Gasteiger partial charge in [0.2, 0.25) is 0 Å². The molecule has 3 rings (SSSR count). The molecule has 0 saturated heterocycles. The molecule has 0 radical (unpaired) electrons. The smallest absolute Gasteiger partial charge is 0.0459 e. The van der Waals surface area contributed by atoms with Crippen LogP contribution in [0.4, 0.5) is 0 Å². The molecule has 0 amide bonds. The Morgan fingerprint density at radius 2 is 1.60 bits per heavy atom. The standard InChI is InChI=1S/C24H37N/c1-3-5-7-9-13-19-17-18-22-21-15-11-12-16-23(21)25-24(22)20(19)14-10-8-6-4-2/h11-12,15-16,19-20,25H,3-10,13-14,17-18H2,1-2H3. The van der Waals surface area contributed by atoms with Crippen LogP contribution in [0.5, 0.6) is 0 Å². The van der Waals surface area contributed by atoms with Crippen LogP contribution in [-0.2, 0) is 6.42 Å². The molecule has 2 aromatic rings. The molecule has 1 N–H and O–H groups in total. The average Bonchev–Trinajstić information content (AvgIpc) is 3.02. The molecule has 0 fully saturated rings. The summed E-state index contributed by atoms with van der Waals surface area (Å²) in [6.45, 7) is 4.63. The molecule has 1 aliphatic carbocycles. The number of para-hydroxylation sites is 1. The molecule has 1 nitrogen and oxygen atoms in total. The van der Waals surface area contributed by atoms with Gasteiger partial charge in [0.25, 0.3) is 0 Å². The van der Waals surface area contributed by atoms with E-state index < -0.39 is 0 Å². The molecule has 1 aromatic carbocycles. The van der Waals surface area contributed by atoms with E-state index in [1.807, 2.05) is 0 Å². The highest BCUT2D eigenvalue weighted by Gasteiger charge is 2.31. The van der Waals surface area contributed by atoms with Crippen LogP contribution in [0.3, 0.4) is 0 Å². The maximum atomic E-state index is 3.84. The Hall–Kier alpha value is -1.24. The predicted molar refractivity (Wildman–Crippen MR) is 110 cm³/mol. The summed E-state index contributed by atoms with van der Waals surface area (Å²) in [6, 6.07) is 8.95. The first-order valence-electron chi connectivity index (χ1n) is 10.9. The van der Waals surface area contributed by atoms with Crippen molar-refractivity contribution in [1.82, 2.24) is 4.98 Å². The molecular formula is C24H37N. The largest absolute Gasteiger partial charge is 0.358 e. The number of unbranched alkanes of at least 4 members (excludes halogenated alkanes) is 6. The van der Waals surface area contributed by atoms with Crippen LogP contribution in [0, 0.1) is 5.92 Å². The van der Waals surface area contributed by atoms with Gasteiger partial charge in [0.1, 0.15) is 0 Å². The van der Waals surface area contributed by atoms with Gasteiger partial charge in [-0.1, -0.05) is 83.4 Å². The lowest BCUT2D eigenvalue weighted by atomic mass is 9.73. The van der Waals surface area contributed by atoms with E-state index in [-0.39, 0.29) is 0 Å². The van der Waals surface area contributed by atoms with Crippen molar-refractivity contribution in [2.75, 3.05) is 0 Å². The van der Waals surface area contributed by atoms with Crippen molar-refractivity contribution >= 4 is 10.9 Å². The minimum atomic E-state index is 0.773. The fourth-order valence-electron chi connectivity index (χ4n) is 4.92. The summed E-state index contributed by atoms with van der Waals surface area (Å²) in [5, 5.41) is 1.49. The van der Waals surface area contributed by atoms with E-state index in [0.717, 1.165) is 11.8 Å². The van der Waals surface area contributed by atoms with Gasteiger partial charge < -0.3 is 4.98 Å². The molecule has 1 aromatic heterocycles. The van der Waals surface area contributed by atoms with E-state index in [1.54, 1.807) is 11.3 Å². The second-order valence-electron chi connectivity index (χ2n) is 8.17. The lowest BCUT2D eigenvalue weighted by Crippen LogP contribution is -2.21. The molecular weight excluding hydrogens is 302 g/mol. The van der Waals surface area contributed by atoms with Crippen molar-refractivity contribution in [3.63, 3.8) is 0 Å². The van der Waals surface area contributed by atoms with Crippen LogP contribution >= 0.6 is 0 Å². The lowest BCUT2D eigenvalue weighted by Gasteiger charge is -2.32. The zero-order chi connectivity index (χ0) is 17.5. The molecule has 0 saturated carbocycles. The third-order valence-electron chi connectivity index (χ3n) is 6.35. The van der Waals surface area contributed by atoms with Crippen molar-refractivity contribution in [2.45, 2.75) is 96.8 Å². The quantitative estimate of drug-likeness (QED) is 0.426. The summed E-state index contributed by atoms with van der Waals surface area (Å²) in [7, 11) is 0. The van der Waals surface area contributed by atoms with Crippen LogP contribution in [0.15, 0.2) is 24.3 Å². The van der Waals surface area contributed by atoms with Gasteiger partial charge in [-0.2, -0.15) is 0 Å². The maximum Gasteiger partial charge on any atom is 0.0459 e. The molecule has 2 atom stereocenters. The Labute approximate surface area is 154 Å². The number of fused-ring (bicyclic) bond motifs is 3. The minimum Gasteiger partial charge on any atom is -0.358 e. The Morgan fingerprint density at radius 1 is 0.880 bits per heavy atom. The van der Waals surface area contributed by atoms with Gasteiger partial charge in [0.05, 0.1) is 0 Å². The second kappa shape index (κ2) is 9.46. The second-order valence-corrected chi connectivity index (χ2v) is 8.17. The van der Waals surface area contributed by atoms with Gasteiger partial charge in [-0.25, -0.2) is 0 Å². The number of benzene rings is 1. The van der Waals surface area contributed by atoms with Gasteiger partial charge in [-0.05, 0) is 43.2 Å². The monoisotopic (exact) mass is 339 g/mol. The molecule has 1 heterocycles. The van der Waals surface area contributed by atoms with E-state index >= 15 is 0 Å². The molecule has 1 aliphatic rings. The molecule has 0 spiro atoms. The number of hydrogen-bond acceptors (Lipinski definition) is 0. The first-order valence-corrected chi connectivity index (χ1v) is 10.9. The van der Waals surface area contributed by atoms with Gasteiger partial charge in [-0.15, -0.1) is 0 Å². The fourth-order valence-corrected chi connectivity index (χ4v) is 4.92. The van der Waals surface area contributed by atoms with Crippen LogP contribution in [0.2, 0.25) is 0 Å². The zero-order valence-corrected chi connectivity index (χ0v) is 16.4. The van der Waals surface area contributed by atoms with E-state index in [9.17, 15) is 0 Å². The number of hydrogen-bond donors (Lipinski definition) is 1. The zero-order valence-electron chi connectivity index (χ0n) is 16.4. The third-order valence-corrected chi connectivity index (χ3v) is 6.35. The number of aromatic amines is 1. The van der Waals surface area contributed by atoms with E-state index in [2.05, 4.69) is 43.1 Å². The molecule has 1 heteroatoms. The fraction of sp³-hybridized carbons (Fsp3) is 0.667. The van der Waals surface area contributed by atoms with Crippen LogP contribution in [-0.4, -0.2) is 4.98 Å². The van der Waals surface area contributed by atoms with Crippen molar-refractivity contribution in [3.8, 4) is 0 Å². The van der Waals surface area contributed by atoms with E-state index in [1.165, 1.54) is 88.0 Å². The summed E-state index contributed by atoms with van der Waals surface area (Å²) in [5.74, 6) is 1.67. The Balaban J connectivity index is 1.75. The third kappa shape index (κ3) is 4.49. The van der Waals surface area contributed by atoms with E-state index in [0.29, 0.717) is 0 Å². The summed E-state index contributed by atoms with van der Waals surface area (Å²) >= 11 is 0. The summed E-state index contributed by atoms with van der Waals surface area (Å²) in [4.78, 5) is 3.84. The minimum absolute atomic E-state index is 0.773. The molecule has 2 unspecified atom stereocenters. The highest BCUT2D eigenvalue weighted by molar-refractivity contribution is 5.85. The molecule has 0 aliphatic heterocycles. The Kier molecular flexibility index (Phi) is 7.02. The molecule has 25 heavy (non-hydrogen) atoms. The molecule has 0 bridgehead atoms. The van der Waals surface area contributed by atoms with Crippen molar-refractivity contribution < 1.29 is 0 Å². The van der Waals surface area contributed by atoms with Gasteiger partial charge in [-0.3, -0.25) is 0 Å². The van der Waals surface area contributed by atoms with Crippen molar-refractivity contribution in [3.05, 3.63) is 35.5 Å². The number of H-pyrrole nitrogens is 1. The summed E-state index contributed by atoms with van der Waals surface area (Å²) in [6.07, 6.45) is 16.7. The Bertz CT molecular complexity index is 639. The normalized spacial score (nSPS) is 20.1. The van der Waals surface area contributed by atoms with Crippen molar-refractivity contribution in [1.29, 1.82) is 0 Å². The van der Waals surface area contributed by atoms with Gasteiger partial charge in [0.15, 0.2) is 0 Å². The molecule has 138 valence electrons. The number of nitrogens with one attached hydrogen (secondary N) is 1. The van der Waals surface area contributed by atoms with Gasteiger partial charge >= 0.3 is 0 Å². The van der Waals surface area contributed by atoms with Crippen LogP contribution in [0.25, 0.3) is 10.9 Å². The lowest BCUT2D eigenvalue weighted by molar-refractivity contribution is 0.312. The first kappa shape index (κ1) is 18.5. The predicted octanol–water partition coefficient (Wildman–Crippen LogP) is 7.75. The van der Waals surface area contributed by atoms with E-state index in [4.69, 9.17) is 0 Å². The summed E-state index contributed by atoms with van der Waals surface area (Å²) in [5.41, 5.74) is 4.60. The Morgan fingerprint density at radius 3 is 2.36 bits per heavy atom. The number of aryl methyl sites for hydroxylation is 1. The first-order chi connectivity index (χ1) is 12.3. The number of rotatable bonds is 10. The average molecular weight is 340 g/mol. The van der Waals surface area contributed by atoms with Crippen molar-refractivity contribution in [2.24, 2.45) is 5.92 Å². The summed E-state index contributed by atoms with van der Waals surface area (Å²) < 4.78 is 0. The highest BCUT2D eigenvalue weighted by Crippen LogP contribution is 2.44. The maximum absolute atomic E-state index is 3.84. The topological polar surface area (TPSA) is 15.8 Å². The van der Waals surface area contributed by atoms with Gasteiger partial charge in [0, 0.05) is 22.5 Å². The van der Waals surface area contributed by atoms with Crippen LogP contribution in [0.1, 0.15) is 102 Å².